The lowest BCUT2D eigenvalue weighted by Crippen LogP contribution is -2.38. The first-order valence-electron chi connectivity index (χ1n) is 7.36. The normalized spacial score (nSPS) is 18.9. The lowest BCUT2D eigenvalue weighted by molar-refractivity contribution is 0.0777. The van der Waals surface area contributed by atoms with Crippen LogP contribution in [0.2, 0.25) is 0 Å². The zero-order valence-corrected chi connectivity index (χ0v) is 14.1. The molecule has 1 aromatic carbocycles. The number of nitrogens with zero attached hydrogens (tertiary/aromatic N) is 2. The summed E-state index contributed by atoms with van der Waals surface area (Å²) in [5, 5.41) is 0. The van der Waals surface area contributed by atoms with Crippen molar-refractivity contribution in [1.29, 1.82) is 0 Å². The predicted molar refractivity (Wildman–Crippen MR) is 86.1 cm³/mol. The molecule has 1 unspecified atom stereocenters. The van der Waals surface area contributed by atoms with Gasteiger partial charge >= 0.3 is 0 Å². The van der Waals surface area contributed by atoms with Gasteiger partial charge in [0, 0.05) is 29.2 Å². The molecule has 0 N–H and O–H groups in total. The minimum atomic E-state index is 0.165. The van der Waals surface area contributed by atoms with Crippen LogP contribution >= 0.6 is 15.9 Å². The minimum absolute atomic E-state index is 0.165. The lowest BCUT2D eigenvalue weighted by atomic mass is 10.1. The largest absolute Gasteiger partial charge is 0.337 e. The SMILES string of the molecule is CCN(CC)C1CCN(C(=O)c2cc(Br)ccc2C)C1. The van der Waals surface area contributed by atoms with E-state index in [9.17, 15) is 4.79 Å². The summed E-state index contributed by atoms with van der Waals surface area (Å²) in [6.45, 7) is 10.2. The third-order valence-electron chi connectivity index (χ3n) is 4.21. The van der Waals surface area contributed by atoms with Crippen molar-refractivity contribution in [2.24, 2.45) is 0 Å². The maximum absolute atomic E-state index is 12.7. The molecular weight excluding hydrogens is 316 g/mol. The number of benzene rings is 1. The van der Waals surface area contributed by atoms with Crippen molar-refractivity contribution in [1.82, 2.24) is 9.80 Å². The van der Waals surface area contributed by atoms with E-state index >= 15 is 0 Å². The number of halogens is 1. The first kappa shape index (κ1) is 15.5. The maximum atomic E-state index is 12.7. The molecule has 0 bridgehead atoms. The summed E-state index contributed by atoms with van der Waals surface area (Å²) in [4.78, 5) is 17.1. The van der Waals surface area contributed by atoms with Crippen LogP contribution in [0.15, 0.2) is 22.7 Å². The van der Waals surface area contributed by atoms with Gasteiger partial charge in [0.1, 0.15) is 0 Å². The Bertz CT molecular complexity index is 485. The molecular formula is C16H23BrN2O. The molecule has 1 amide bonds. The van der Waals surface area contributed by atoms with Crippen molar-refractivity contribution < 1.29 is 4.79 Å². The third-order valence-corrected chi connectivity index (χ3v) is 4.70. The average molecular weight is 339 g/mol. The molecule has 1 aromatic rings. The van der Waals surface area contributed by atoms with Crippen LogP contribution < -0.4 is 0 Å². The van der Waals surface area contributed by atoms with Crippen LogP contribution in [0.1, 0.15) is 36.2 Å². The first-order valence-corrected chi connectivity index (χ1v) is 8.15. The Labute approximate surface area is 130 Å². The van der Waals surface area contributed by atoms with E-state index in [-0.39, 0.29) is 5.91 Å². The highest BCUT2D eigenvalue weighted by atomic mass is 79.9. The second-order valence-electron chi connectivity index (χ2n) is 5.37. The highest BCUT2D eigenvalue weighted by Gasteiger charge is 2.30. The fraction of sp³-hybridized carbons (Fsp3) is 0.562. The summed E-state index contributed by atoms with van der Waals surface area (Å²) < 4.78 is 0.964. The summed E-state index contributed by atoms with van der Waals surface area (Å²) in [7, 11) is 0. The van der Waals surface area contributed by atoms with Crippen molar-refractivity contribution in [3.8, 4) is 0 Å². The van der Waals surface area contributed by atoms with Gasteiger partial charge in [-0.05, 0) is 44.1 Å². The smallest absolute Gasteiger partial charge is 0.254 e. The zero-order valence-electron chi connectivity index (χ0n) is 12.5. The zero-order chi connectivity index (χ0) is 14.7. The highest BCUT2D eigenvalue weighted by Crippen LogP contribution is 2.22. The average Bonchev–Trinajstić information content (AvgIpc) is 2.92. The number of hydrogen-bond donors (Lipinski definition) is 0. The Morgan fingerprint density at radius 3 is 2.75 bits per heavy atom. The number of amides is 1. The monoisotopic (exact) mass is 338 g/mol. The summed E-state index contributed by atoms with van der Waals surface area (Å²) in [6.07, 6.45) is 1.08. The van der Waals surface area contributed by atoms with E-state index < -0.39 is 0 Å². The second kappa shape index (κ2) is 6.72. The fourth-order valence-electron chi connectivity index (χ4n) is 2.96. The van der Waals surface area contributed by atoms with Crippen LogP contribution in [0.25, 0.3) is 0 Å². The summed E-state index contributed by atoms with van der Waals surface area (Å²) in [6, 6.07) is 6.42. The number of rotatable bonds is 4. The summed E-state index contributed by atoms with van der Waals surface area (Å²) in [5.74, 6) is 0.165. The molecule has 1 aliphatic rings. The van der Waals surface area contributed by atoms with Crippen molar-refractivity contribution >= 4 is 21.8 Å². The molecule has 0 aliphatic carbocycles. The Morgan fingerprint density at radius 1 is 1.40 bits per heavy atom. The van der Waals surface area contributed by atoms with Crippen molar-refractivity contribution in [2.75, 3.05) is 26.2 Å². The first-order chi connectivity index (χ1) is 9.56. The predicted octanol–water partition coefficient (Wildman–Crippen LogP) is 3.31. The van der Waals surface area contributed by atoms with Gasteiger partial charge in [-0.15, -0.1) is 0 Å². The van der Waals surface area contributed by atoms with Gasteiger partial charge < -0.3 is 4.90 Å². The van der Waals surface area contributed by atoms with Gasteiger partial charge in [-0.25, -0.2) is 0 Å². The molecule has 1 atom stereocenters. The van der Waals surface area contributed by atoms with Gasteiger partial charge in [0.15, 0.2) is 0 Å². The van der Waals surface area contributed by atoms with Crippen molar-refractivity contribution in [2.45, 2.75) is 33.2 Å². The molecule has 0 radical (unpaired) electrons. The Balaban J connectivity index is 2.10. The van der Waals surface area contributed by atoms with Crippen molar-refractivity contribution in [3.63, 3.8) is 0 Å². The number of likely N-dealkylation sites (tertiary alicyclic amines) is 1. The van der Waals surface area contributed by atoms with E-state index in [1.54, 1.807) is 0 Å². The van der Waals surface area contributed by atoms with Crippen LogP contribution in [0.5, 0.6) is 0 Å². The van der Waals surface area contributed by atoms with Crippen LogP contribution in [0.3, 0.4) is 0 Å². The lowest BCUT2D eigenvalue weighted by Gasteiger charge is -2.26. The van der Waals surface area contributed by atoms with E-state index in [0.717, 1.165) is 48.2 Å². The van der Waals surface area contributed by atoms with E-state index in [2.05, 4.69) is 34.7 Å². The molecule has 3 nitrogen and oxygen atoms in total. The van der Waals surface area contributed by atoms with E-state index in [1.807, 2.05) is 30.0 Å². The highest BCUT2D eigenvalue weighted by molar-refractivity contribution is 9.10. The van der Waals surface area contributed by atoms with Gasteiger partial charge in [-0.2, -0.15) is 0 Å². The van der Waals surface area contributed by atoms with Gasteiger partial charge in [0.25, 0.3) is 5.91 Å². The quantitative estimate of drug-likeness (QED) is 0.840. The van der Waals surface area contributed by atoms with Gasteiger partial charge in [-0.3, -0.25) is 9.69 Å². The van der Waals surface area contributed by atoms with Gasteiger partial charge in [-0.1, -0.05) is 35.8 Å². The van der Waals surface area contributed by atoms with E-state index in [4.69, 9.17) is 0 Å². The maximum Gasteiger partial charge on any atom is 0.254 e. The summed E-state index contributed by atoms with van der Waals surface area (Å²) >= 11 is 3.45. The Kier molecular flexibility index (Phi) is 5.22. The molecule has 4 heteroatoms. The molecule has 1 fully saturated rings. The van der Waals surface area contributed by atoms with Gasteiger partial charge in [0.2, 0.25) is 0 Å². The molecule has 0 saturated carbocycles. The topological polar surface area (TPSA) is 23.6 Å². The number of likely N-dealkylation sites (N-methyl/N-ethyl adjacent to an activating group) is 1. The number of carbonyl (C=O) groups is 1. The molecule has 1 saturated heterocycles. The third kappa shape index (κ3) is 3.23. The van der Waals surface area contributed by atoms with Gasteiger partial charge in [0.05, 0.1) is 0 Å². The second-order valence-corrected chi connectivity index (χ2v) is 6.29. The van der Waals surface area contributed by atoms with Crippen LogP contribution in [-0.4, -0.2) is 47.9 Å². The molecule has 1 heterocycles. The van der Waals surface area contributed by atoms with Crippen LogP contribution in [-0.2, 0) is 0 Å². The molecule has 2 rings (SSSR count). The molecule has 0 spiro atoms. The van der Waals surface area contributed by atoms with Crippen molar-refractivity contribution in [3.05, 3.63) is 33.8 Å². The Morgan fingerprint density at radius 2 is 2.10 bits per heavy atom. The standard InChI is InChI=1S/C16H23BrN2O/c1-4-18(5-2)14-8-9-19(11-14)16(20)15-10-13(17)7-6-12(15)3/h6-7,10,14H,4-5,8-9,11H2,1-3H3. The molecule has 110 valence electrons. The van der Waals surface area contributed by atoms with E-state index in [1.165, 1.54) is 0 Å². The Hall–Kier alpha value is -0.870. The van der Waals surface area contributed by atoms with E-state index in [0.29, 0.717) is 6.04 Å². The number of hydrogen-bond acceptors (Lipinski definition) is 2. The minimum Gasteiger partial charge on any atom is -0.337 e. The van der Waals surface area contributed by atoms with Crippen LogP contribution in [0.4, 0.5) is 0 Å². The fourth-order valence-corrected chi connectivity index (χ4v) is 3.32. The number of aryl methyl sites for hydroxylation is 1. The molecule has 20 heavy (non-hydrogen) atoms. The summed E-state index contributed by atoms with van der Waals surface area (Å²) in [5.41, 5.74) is 1.86. The molecule has 0 aromatic heterocycles. The number of carbonyl (C=O) groups excluding carboxylic acids is 1. The van der Waals surface area contributed by atoms with Crippen LogP contribution in [0, 0.1) is 6.92 Å². The molecule has 1 aliphatic heterocycles.